The summed E-state index contributed by atoms with van der Waals surface area (Å²) < 4.78 is 78.5. The van der Waals surface area contributed by atoms with Crippen LogP contribution in [0.15, 0.2) is 10.7 Å². The van der Waals surface area contributed by atoms with Crippen LogP contribution in [0.25, 0.3) is 0 Å². The van der Waals surface area contributed by atoms with Crippen LogP contribution in [0.4, 0.5) is 26.3 Å². The summed E-state index contributed by atoms with van der Waals surface area (Å²) in [5.74, 6) is -0.778. The molecule has 1 unspecified atom stereocenters. The van der Waals surface area contributed by atoms with Gasteiger partial charge in [0, 0.05) is 0 Å². The smallest absolute Gasteiger partial charge is 0.420 e. The van der Waals surface area contributed by atoms with Crippen molar-refractivity contribution in [1.82, 2.24) is 0 Å². The number of alkyl halides is 7. The molecule has 1 heterocycles. The highest BCUT2D eigenvalue weighted by Gasteiger charge is 2.47. The molecule has 16 heavy (non-hydrogen) atoms. The molecule has 0 radical (unpaired) electrons. The summed E-state index contributed by atoms with van der Waals surface area (Å²) >= 11 is 2.74. The molecule has 0 aliphatic carbocycles. The maximum atomic E-state index is 12.5. The lowest BCUT2D eigenvalue weighted by Gasteiger charge is -2.12. The van der Waals surface area contributed by atoms with E-state index in [2.05, 4.69) is 20.3 Å². The van der Waals surface area contributed by atoms with E-state index in [0.29, 0.717) is 0 Å². The van der Waals surface area contributed by atoms with E-state index in [9.17, 15) is 26.3 Å². The van der Waals surface area contributed by atoms with E-state index in [-0.39, 0.29) is 6.26 Å². The molecule has 0 aliphatic heterocycles. The summed E-state index contributed by atoms with van der Waals surface area (Å²) in [4.78, 5) is -0.958. The number of halogens is 7. The van der Waals surface area contributed by atoms with Gasteiger partial charge >= 0.3 is 12.4 Å². The van der Waals surface area contributed by atoms with Crippen LogP contribution in [0.5, 0.6) is 0 Å². The fourth-order valence-corrected chi connectivity index (χ4v) is 1.50. The molecule has 0 amide bonds. The number of furan rings is 1. The van der Waals surface area contributed by atoms with Gasteiger partial charge in [-0.15, -0.1) is 0 Å². The van der Waals surface area contributed by atoms with Crippen LogP contribution < -0.4 is 0 Å². The van der Waals surface area contributed by atoms with E-state index >= 15 is 0 Å². The molecular formula is C8H5BrF6O. The van der Waals surface area contributed by atoms with Crippen LogP contribution in [-0.2, 0) is 12.4 Å². The van der Waals surface area contributed by atoms with Crippen molar-refractivity contribution in [1.29, 1.82) is 0 Å². The second-order valence-electron chi connectivity index (χ2n) is 3.00. The Kier molecular flexibility index (Phi) is 3.33. The van der Waals surface area contributed by atoms with Crippen molar-refractivity contribution < 1.29 is 30.8 Å². The Hall–Kier alpha value is -0.660. The Morgan fingerprint density at radius 1 is 1.12 bits per heavy atom. The fraction of sp³-hybridized carbons (Fsp3) is 0.500. The second kappa shape index (κ2) is 3.97. The lowest BCUT2D eigenvalue weighted by atomic mass is 10.1. The normalized spacial score (nSPS) is 15.2. The zero-order chi connectivity index (χ0) is 12.7. The second-order valence-corrected chi connectivity index (χ2v) is 4.37. The standard InChI is InChI=1S/C8H5BrF6O/c1-3(9)6-5(8(13,14)15)4(2-16-6)7(10,11)12/h2-3H,1H3. The van der Waals surface area contributed by atoms with Crippen LogP contribution in [0.3, 0.4) is 0 Å². The van der Waals surface area contributed by atoms with Crippen molar-refractivity contribution in [3.8, 4) is 0 Å². The molecule has 0 saturated carbocycles. The molecule has 0 fully saturated rings. The Morgan fingerprint density at radius 2 is 1.62 bits per heavy atom. The monoisotopic (exact) mass is 310 g/mol. The molecule has 92 valence electrons. The van der Waals surface area contributed by atoms with E-state index in [4.69, 9.17) is 0 Å². The van der Waals surface area contributed by atoms with E-state index in [0.717, 1.165) is 0 Å². The van der Waals surface area contributed by atoms with E-state index in [1.807, 2.05) is 0 Å². The lowest BCUT2D eigenvalue weighted by Crippen LogP contribution is -2.15. The average molecular weight is 311 g/mol. The molecule has 1 aromatic heterocycles. The Labute approximate surface area is 94.5 Å². The SMILES string of the molecule is CC(Br)c1occ(C(F)(F)F)c1C(F)(F)F. The Bertz CT molecular complexity index is 375. The van der Waals surface area contributed by atoms with Gasteiger partial charge in [0.1, 0.15) is 23.2 Å². The lowest BCUT2D eigenvalue weighted by molar-refractivity contribution is -0.161. The zero-order valence-electron chi connectivity index (χ0n) is 7.71. The highest BCUT2D eigenvalue weighted by atomic mass is 79.9. The molecule has 0 aromatic carbocycles. The van der Waals surface area contributed by atoms with Gasteiger partial charge in [-0.25, -0.2) is 0 Å². The van der Waals surface area contributed by atoms with Crippen LogP contribution in [0.2, 0.25) is 0 Å². The third kappa shape index (κ3) is 2.53. The zero-order valence-corrected chi connectivity index (χ0v) is 9.29. The molecular weight excluding hydrogens is 306 g/mol. The van der Waals surface area contributed by atoms with E-state index in [1.165, 1.54) is 6.92 Å². The topological polar surface area (TPSA) is 13.1 Å². The maximum Gasteiger partial charge on any atom is 0.420 e. The highest BCUT2D eigenvalue weighted by molar-refractivity contribution is 9.09. The van der Waals surface area contributed by atoms with Gasteiger partial charge in [-0.2, -0.15) is 26.3 Å². The largest absolute Gasteiger partial charge is 0.467 e. The molecule has 0 spiro atoms. The Morgan fingerprint density at radius 3 is 1.94 bits per heavy atom. The molecule has 0 bridgehead atoms. The number of hydrogen-bond donors (Lipinski definition) is 0. The van der Waals surface area contributed by atoms with Gasteiger partial charge in [0.25, 0.3) is 0 Å². The summed E-state index contributed by atoms with van der Waals surface area (Å²) in [6, 6.07) is 0. The van der Waals surface area contributed by atoms with Gasteiger partial charge < -0.3 is 4.42 Å². The summed E-state index contributed by atoms with van der Waals surface area (Å²) in [7, 11) is 0. The van der Waals surface area contributed by atoms with Crippen molar-refractivity contribution in [3.05, 3.63) is 23.2 Å². The van der Waals surface area contributed by atoms with Crippen LogP contribution >= 0.6 is 15.9 Å². The van der Waals surface area contributed by atoms with Gasteiger partial charge in [0.05, 0.1) is 4.83 Å². The molecule has 0 N–H and O–H groups in total. The van der Waals surface area contributed by atoms with Gasteiger partial charge in [0.15, 0.2) is 0 Å². The van der Waals surface area contributed by atoms with Crippen molar-refractivity contribution in [2.45, 2.75) is 24.1 Å². The molecule has 0 aliphatic rings. The first-order valence-corrected chi connectivity index (χ1v) is 4.86. The first-order chi connectivity index (χ1) is 7.05. The minimum atomic E-state index is -5.10. The molecule has 1 rings (SSSR count). The van der Waals surface area contributed by atoms with Crippen molar-refractivity contribution >= 4 is 15.9 Å². The van der Waals surface area contributed by atoms with Crippen LogP contribution in [0, 0.1) is 0 Å². The first-order valence-electron chi connectivity index (χ1n) is 3.95. The average Bonchev–Trinajstić information content (AvgIpc) is 2.43. The molecule has 1 atom stereocenters. The summed E-state index contributed by atoms with van der Waals surface area (Å²) in [5, 5.41) is 0. The Balaban J connectivity index is 3.44. The fourth-order valence-electron chi connectivity index (χ4n) is 1.17. The van der Waals surface area contributed by atoms with Crippen LogP contribution in [-0.4, -0.2) is 0 Å². The van der Waals surface area contributed by atoms with Gasteiger partial charge in [-0.05, 0) is 6.92 Å². The summed E-state index contributed by atoms with van der Waals surface area (Å²) in [5.41, 5.74) is -3.58. The number of rotatable bonds is 1. The van der Waals surface area contributed by atoms with Crippen molar-refractivity contribution in [3.63, 3.8) is 0 Å². The van der Waals surface area contributed by atoms with Crippen molar-refractivity contribution in [2.24, 2.45) is 0 Å². The van der Waals surface area contributed by atoms with Crippen molar-refractivity contribution in [2.75, 3.05) is 0 Å². The minimum absolute atomic E-state index is 0.0793. The third-order valence-corrected chi connectivity index (χ3v) is 2.19. The predicted molar refractivity (Wildman–Crippen MR) is 46.1 cm³/mol. The molecule has 8 heteroatoms. The van der Waals surface area contributed by atoms with E-state index < -0.39 is 34.1 Å². The van der Waals surface area contributed by atoms with Crippen LogP contribution in [0.1, 0.15) is 28.6 Å². The quantitative estimate of drug-likeness (QED) is 0.538. The van der Waals surface area contributed by atoms with E-state index in [1.54, 1.807) is 0 Å². The number of hydrogen-bond acceptors (Lipinski definition) is 1. The predicted octanol–water partition coefficient (Wildman–Crippen LogP) is 4.77. The molecule has 1 aromatic rings. The summed E-state index contributed by atoms with van der Waals surface area (Å²) in [6.07, 6.45) is -10.1. The molecule has 0 saturated heterocycles. The van der Waals surface area contributed by atoms with Gasteiger partial charge in [-0.3, -0.25) is 0 Å². The molecule has 1 nitrogen and oxygen atoms in total. The highest BCUT2D eigenvalue weighted by Crippen LogP contribution is 2.45. The third-order valence-electron chi connectivity index (χ3n) is 1.77. The van der Waals surface area contributed by atoms with Gasteiger partial charge in [0.2, 0.25) is 0 Å². The first kappa shape index (κ1) is 13.4. The van der Waals surface area contributed by atoms with Gasteiger partial charge in [-0.1, -0.05) is 15.9 Å². The summed E-state index contributed by atoms with van der Waals surface area (Å²) in [6.45, 7) is 1.24. The maximum absolute atomic E-state index is 12.5. The minimum Gasteiger partial charge on any atom is -0.467 e.